The lowest BCUT2D eigenvalue weighted by molar-refractivity contribution is 0.0684. The van der Waals surface area contributed by atoms with Crippen molar-refractivity contribution in [1.29, 1.82) is 0 Å². The van der Waals surface area contributed by atoms with Crippen molar-refractivity contribution < 1.29 is 4.79 Å². The average Bonchev–Trinajstić information content (AvgIpc) is 2.82. The molecule has 0 N–H and O–H groups in total. The van der Waals surface area contributed by atoms with Gasteiger partial charge in [0.15, 0.2) is 0 Å². The van der Waals surface area contributed by atoms with Crippen molar-refractivity contribution in [3.05, 3.63) is 91.2 Å². The Kier molecular flexibility index (Phi) is 6.79. The quantitative estimate of drug-likeness (QED) is 0.573. The minimum atomic E-state index is -0.712. The lowest BCUT2D eigenvalue weighted by atomic mass is 9.94. The van der Waals surface area contributed by atoms with Gasteiger partial charge in [0, 0.05) is 18.1 Å². The molecule has 7 nitrogen and oxygen atoms in total. The molecular weight excluding hydrogens is 440 g/mol. The molecule has 0 unspecified atom stereocenters. The molecule has 0 radical (unpaired) electrons. The van der Waals surface area contributed by atoms with Gasteiger partial charge < -0.3 is 4.90 Å². The fraction of sp³-hybridized carbons (Fsp3) is 0.360. The average molecular weight is 467 g/mol. The highest BCUT2D eigenvalue weighted by atomic mass is 35.5. The first-order valence-electron chi connectivity index (χ1n) is 11.2. The maximum absolute atomic E-state index is 13.4. The lowest BCUT2D eigenvalue weighted by Crippen LogP contribution is -2.48. The van der Waals surface area contributed by atoms with Crippen molar-refractivity contribution in [3.63, 3.8) is 0 Å². The van der Waals surface area contributed by atoms with Crippen molar-refractivity contribution in [3.8, 4) is 5.69 Å². The van der Waals surface area contributed by atoms with E-state index >= 15 is 0 Å². The number of benzene rings is 2. The Labute approximate surface area is 197 Å². The molecule has 0 saturated heterocycles. The van der Waals surface area contributed by atoms with Crippen molar-refractivity contribution >= 4 is 17.5 Å². The molecule has 4 rings (SSSR count). The van der Waals surface area contributed by atoms with E-state index in [2.05, 4.69) is 5.10 Å². The van der Waals surface area contributed by atoms with Gasteiger partial charge in [-0.05, 0) is 49.1 Å². The summed E-state index contributed by atoms with van der Waals surface area (Å²) in [5, 5.41) is 4.71. The van der Waals surface area contributed by atoms with Crippen LogP contribution in [-0.4, -0.2) is 38.2 Å². The van der Waals surface area contributed by atoms with Gasteiger partial charge in [0.1, 0.15) is 0 Å². The van der Waals surface area contributed by atoms with Gasteiger partial charge in [-0.15, -0.1) is 0 Å². The van der Waals surface area contributed by atoms with Gasteiger partial charge in [-0.2, -0.15) is 9.78 Å². The molecule has 3 aromatic rings. The summed E-state index contributed by atoms with van der Waals surface area (Å²) in [6, 6.07) is 14.3. The SMILES string of the molecule is Cc1cccc(-n2nc(C(=O)N(C)C3CCCCC3)c(=O)n(Cc3ccccc3Cl)c2=O)c1. The summed E-state index contributed by atoms with van der Waals surface area (Å²) in [7, 11) is 1.71. The molecule has 8 heteroatoms. The van der Waals surface area contributed by atoms with E-state index in [-0.39, 0.29) is 18.3 Å². The topological polar surface area (TPSA) is 77.2 Å². The molecule has 1 heterocycles. The summed E-state index contributed by atoms with van der Waals surface area (Å²) < 4.78 is 2.17. The maximum atomic E-state index is 13.4. The fourth-order valence-electron chi connectivity index (χ4n) is 4.31. The van der Waals surface area contributed by atoms with Gasteiger partial charge in [0.05, 0.1) is 12.2 Å². The number of nitrogens with zero attached hydrogens (tertiary/aromatic N) is 4. The number of rotatable bonds is 5. The first kappa shape index (κ1) is 23.0. The van der Waals surface area contributed by atoms with Crippen molar-refractivity contribution in [2.24, 2.45) is 0 Å². The summed E-state index contributed by atoms with van der Waals surface area (Å²) in [5.74, 6) is -0.471. The number of aryl methyl sites for hydroxylation is 1. The normalized spacial score (nSPS) is 14.3. The zero-order valence-corrected chi connectivity index (χ0v) is 19.6. The Morgan fingerprint density at radius 3 is 2.52 bits per heavy atom. The first-order chi connectivity index (χ1) is 15.9. The number of aromatic nitrogens is 3. The predicted molar refractivity (Wildman–Crippen MR) is 128 cm³/mol. The minimum Gasteiger partial charge on any atom is -0.337 e. The largest absolute Gasteiger partial charge is 0.352 e. The third kappa shape index (κ3) is 4.78. The highest BCUT2D eigenvalue weighted by molar-refractivity contribution is 6.31. The van der Waals surface area contributed by atoms with E-state index < -0.39 is 17.2 Å². The summed E-state index contributed by atoms with van der Waals surface area (Å²) >= 11 is 6.30. The Balaban J connectivity index is 1.86. The monoisotopic (exact) mass is 466 g/mol. The molecule has 0 aliphatic heterocycles. The van der Waals surface area contributed by atoms with Crippen molar-refractivity contribution in [2.75, 3.05) is 7.05 Å². The van der Waals surface area contributed by atoms with E-state index in [9.17, 15) is 14.4 Å². The molecule has 0 atom stereocenters. The molecule has 1 saturated carbocycles. The van der Waals surface area contributed by atoms with Crippen LogP contribution < -0.4 is 11.2 Å². The molecule has 1 aliphatic rings. The second kappa shape index (κ2) is 9.75. The van der Waals surface area contributed by atoms with Gasteiger partial charge >= 0.3 is 5.69 Å². The summed E-state index contributed by atoms with van der Waals surface area (Å²) in [6.07, 6.45) is 5.05. The van der Waals surface area contributed by atoms with E-state index in [1.165, 1.54) is 0 Å². The molecule has 2 aromatic carbocycles. The van der Waals surface area contributed by atoms with E-state index in [0.29, 0.717) is 16.3 Å². The third-order valence-corrected chi connectivity index (χ3v) is 6.61. The second-order valence-corrected chi connectivity index (χ2v) is 8.98. The number of hydrogen-bond acceptors (Lipinski definition) is 4. The van der Waals surface area contributed by atoms with Gasteiger partial charge in [-0.3, -0.25) is 14.2 Å². The molecule has 33 heavy (non-hydrogen) atoms. The van der Waals surface area contributed by atoms with Crippen LogP contribution in [0.3, 0.4) is 0 Å². The van der Waals surface area contributed by atoms with Crippen molar-refractivity contribution in [1.82, 2.24) is 19.2 Å². The Morgan fingerprint density at radius 1 is 1.09 bits per heavy atom. The number of carbonyl (C=O) groups excluding carboxylic acids is 1. The molecule has 1 aliphatic carbocycles. The van der Waals surface area contributed by atoms with Crippen LogP contribution in [-0.2, 0) is 6.54 Å². The van der Waals surface area contributed by atoms with Gasteiger partial charge in [0.2, 0.25) is 5.69 Å². The lowest BCUT2D eigenvalue weighted by Gasteiger charge is -2.30. The second-order valence-electron chi connectivity index (χ2n) is 8.57. The van der Waals surface area contributed by atoms with Crippen molar-refractivity contribution in [2.45, 2.75) is 51.6 Å². The van der Waals surface area contributed by atoms with Crippen LogP contribution in [0, 0.1) is 6.92 Å². The van der Waals surface area contributed by atoms with Crippen LogP contribution in [0.2, 0.25) is 5.02 Å². The Bertz CT molecular complexity index is 1290. The summed E-state index contributed by atoms with van der Waals surface area (Å²) in [5.41, 5.74) is 0.425. The number of hydrogen-bond donors (Lipinski definition) is 0. The van der Waals surface area contributed by atoms with Crippen LogP contribution in [0.4, 0.5) is 0 Å². The molecule has 172 valence electrons. The predicted octanol–water partition coefficient (Wildman–Crippen LogP) is 3.81. The first-order valence-corrected chi connectivity index (χ1v) is 11.6. The standard InChI is InChI=1S/C25H27ClN4O3/c1-17-9-8-13-20(15-17)30-25(33)29(16-18-10-6-7-14-21(18)26)24(32)22(27-30)23(31)28(2)19-11-4-3-5-12-19/h6-10,13-15,19H,3-5,11-12,16H2,1-2H3. The highest BCUT2D eigenvalue weighted by Gasteiger charge is 2.28. The minimum absolute atomic E-state index is 0.0564. The van der Waals surface area contributed by atoms with Crippen LogP contribution in [0.1, 0.15) is 53.7 Å². The zero-order valence-electron chi connectivity index (χ0n) is 18.8. The molecule has 0 bridgehead atoms. The Hall–Kier alpha value is -3.19. The smallest absolute Gasteiger partial charge is 0.337 e. The third-order valence-electron chi connectivity index (χ3n) is 6.24. The van der Waals surface area contributed by atoms with Crippen LogP contribution in [0.15, 0.2) is 58.1 Å². The van der Waals surface area contributed by atoms with E-state index in [0.717, 1.165) is 46.9 Å². The van der Waals surface area contributed by atoms with Crippen LogP contribution in [0.5, 0.6) is 0 Å². The van der Waals surface area contributed by atoms with Gasteiger partial charge in [-0.1, -0.05) is 61.2 Å². The van der Waals surface area contributed by atoms with Gasteiger partial charge in [-0.25, -0.2) is 4.79 Å². The maximum Gasteiger partial charge on any atom is 0.352 e. The molecule has 0 spiro atoms. The van der Waals surface area contributed by atoms with E-state index in [1.54, 1.807) is 54.4 Å². The summed E-state index contributed by atoms with van der Waals surface area (Å²) in [6.45, 7) is 1.84. The number of carbonyl (C=O) groups is 1. The summed E-state index contributed by atoms with van der Waals surface area (Å²) in [4.78, 5) is 41.8. The molecule has 1 aromatic heterocycles. The van der Waals surface area contributed by atoms with E-state index in [4.69, 9.17) is 11.6 Å². The van der Waals surface area contributed by atoms with E-state index in [1.807, 2.05) is 13.0 Å². The molecule has 1 amide bonds. The fourth-order valence-corrected chi connectivity index (χ4v) is 4.51. The van der Waals surface area contributed by atoms with Gasteiger partial charge in [0.25, 0.3) is 11.5 Å². The number of amides is 1. The van der Waals surface area contributed by atoms with Crippen LogP contribution >= 0.6 is 11.6 Å². The highest BCUT2D eigenvalue weighted by Crippen LogP contribution is 2.22. The van der Waals surface area contributed by atoms with Crippen LogP contribution in [0.25, 0.3) is 5.69 Å². The number of halogens is 1. The zero-order chi connectivity index (χ0) is 23.5. The molecular formula is C25H27ClN4O3. The molecule has 1 fully saturated rings. The Morgan fingerprint density at radius 2 is 1.82 bits per heavy atom.